The van der Waals surface area contributed by atoms with Crippen molar-refractivity contribution in [3.8, 4) is 11.3 Å². The van der Waals surface area contributed by atoms with E-state index in [1.807, 2.05) is 6.07 Å². The third kappa shape index (κ3) is 3.93. The molecule has 1 aliphatic carbocycles. The summed E-state index contributed by atoms with van der Waals surface area (Å²) in [5, 5.41) is 15.8. The van der Waals surface area contributed by atoms with Gasteiger partial charge in [0, 0.05) is 61.3 Å². The van der Waals surface area contributed by atoms with Crippen LogP contribution >= 0.6 is 0 Å². The topological polar surface area (TPSA) is 68.4 Å². The zero-order valence-corrected chi connectivity index (χ0v) is 21.1. The zero-order chi connectivity index (χ0) is 24.6. The molecule has 0 bridgehead atoms. The van der Waals surface area contributed by atoms with E-state index in [1.165, 1.54) is 70.8 Å². The summed E-state index contributed by atoms with van der Waals surface area (Å²) in [5.74, 6) is -0.347. The number of benzene rings is 2. The van der Waals surface area contributed by atoms with E-state index in [0.29, 0.717) is 18.1 Å². The number of hydrogen-bond acceptors (Lipinski definition) is 3. The van der Waals surface area contributed by atoms with E-state index in [2.05, 4.69) is 44.9 Å². The lowest BCUT2D eigenvalue weighted by molar-refractivity contribution is 0.0697. The van der Waals surface area contributed by atoms with Crippen molar-refractivity contribution in [2.24, 2.45) is 0 Å². The summed E-state index contributed by atoms with van der Waals surface area (Å²) in [7, 11) is 1.73. The van der Waals surface area contributed by atoms with Crippen LogP contribution in [0.5, 0.6) is 0 Å². The Kier molecular flexibility index (Phi) is 6.32. The number of carboxylic acid groups (broad SMARTS) is 1. The molecule has 0 saturated heterocycles. The van der Waals surface area contributed by atoms with Crippen LogP contribution in [-0.2, 0) is 24.4 Å². The highest BCUT2D eigenvalue weighted by Gasteiger charge is 2.29. The fourth-order valence-electron chi connectivity index (χ4n) is 6.58. The smallest absolute Gasteiger partial charge is 0.335 e. The summed E-state index contributed by atoms with van der Waals surface area (Å²) >= 11 is 0. The molecular weight excluding hydrogens is 450 g/mol. The number of aromatic carboxylic acids is 1. The van der Waals surface area contributed by atoms with E-state index < -0.39 is 5.97 Å². The molecule has 6 nitrogen and oxygen atoms in total. The Morgan fingerprint density at radius 1 is 1.08 bits per heavy atom. The van der Waals surface area contributed by atoms with Gasteiger partial charge in [-0.15, -0.1) is 0 Å². The van der Waals surface area contributed by atoms with Crippen molar-refractivity contribution in [1.82, 2.24) is 14.5 Å². The highest BCUT2D eigenvalue weighted by Crippen LogP contribution is 2.46. The number of aryl methyl sites for hydroxylation is 2. The highest BCUT2D eigenvalue weighted by atomic mass is 16.5. The maximum atomic E-state index is 11.9. The quantitative estimate of drug-likeness (QED) is 0.308. The average Bonchev–Trinajstić information content (AvgIpc) is 3.41. The summed E-state index contributed by atoms with van der Waals surface area (Å²) in [4.78, 5) is 11.9. The molecule has 1 aliphatic heterocycles. The van der Waals surface area contributed by atoms with Crippen LogP contribution in [0.15, 0.2) is 42.6 Å². The van der Waals surface area contributed by atoms with Crippen LogP contribution in [0, 0.1) is 0 Å². The molecule has 1 saturated carbocycles. The monoisotopic (exact) mass is 485 g/mol. The molecule has 2 aromatic heterocycles. The molecule has 2 N–H and O–H groups in total. The lowest BCUT2D eigenvalue weighted by Gasteiger charge is -2.25. The number of ether oxygens (including phenoxy) is 1. The Bertz CT molecular complexity index is 1420. The Balaban J connectivity index is 1.59. The van der Waals surface area contributed by atoms with Gasteiger partial charge in [0.25, 0.3) is 0 Å². The van der Waals surface area contributed by atoms with Crippen molar-refractivity contribution >= 4 is 27.8 Å². The molecule has 0 atom stereocenters. The number of carboxylic acids is 1. The van der Waals surface area contributed by atoms with Crippen LogP contribution < -0.4 is 5.32 Å². The van der Waals surface area contributed by atoms with E-state index in [0.717, 1.165) is 38.1 Å². The maximum absolute atomic E-state index is 11.9. The number of fused-ring (bicyclic) bond motifs is 4. The van der Waals surface area contributed by atoms with Crippen molar-refractivity contribution in [3.05, 3.63) is 59.3 Å². The van der Waals surface area contributed by atoms with Crippen molar-refractivity contribution in [3.63, 3.8) is 0 Å². The predicted molar refractivity (Wildman–Crippen MR) is 144 cm³/mol. The molecular formula is C30H35N3O3. The molecule has 6 rings (SSSR count). The molecule has 0 spiro atoms. The standard InChI is InChI=1S/C30H35N3O3/c1-36-16-13-31-18-22-19-32-14-6-15-33-26-17-21(30(34)35)11-12-24(26)27(20-7-3-2-4-8-20)29(33)25-10-5-9-23(22)28(25)32/h5,9-12,17,19-20,31H,2-4,6-8,13-16,18H2,1H3,(H,34,35). The van der Waals surface area contributed by atoms with Crippen molar-refractivity contribution in [2.45, 2.75) is 64.1 Å². The molecule has 0 radical (unpaired) electrons. The van der Waals surface area contributed by atoms with E-state index in [1.54, 1.807) is 13.2 Å². The highest BCUT2D eigenvalue weighted by molar-refractivity contribution is 6.03. The third-order valence-electron chi connectivity index (χ3n) is 8.18. The summed E-state index contributed by atoms with van der Waals surface area (Å²) in [6.45, 7) is 4.18. The number of carbonyl (C=O) groups is 1. The van der Waals surface area contributed by atoms with Gasteiger partial charge in [0.2, 0.25) is 0 Å². The van der Waals surface area contributed by atoms with Gasteiger partial charge in [0.05, 0.1) is 23.4 Å². The van der Waals surface area contributed by atoms with E-state index in [9.17, 15) is 9.90 Å². The summed E-state index contributed by atoms with van der Waals surface area (Å²) in [6, 6.07) is 12.5. The Hall–Kier alpha value is -3.09. The third-order valence-corrected chi connectivity index (χ3v) is 8.18. The molecule has 6 heteroatoms. The molecule has 4 aromatic rings. The van der Waals surface area contributed by atoms with Gasteiger partial charge >= 0.3 is 5.97 Å². The van der Waals surface area contributed by atoms with Crippen LogP contribution in [0.1, 0.15) is 65.9 Å². The van der Waals surface area contributed by atoms with Gasteiger partial charge in [-0.25, -0.2) is 4.79 Å². The lowest BCUT2D eigenvalue weighted by Crippen LogP contribution is -2.18. The van der Waals surface area contributed by atoms with Crippen LogP contribution in [0.3, 0.4) is 0 Å². The van der Waals surface area contributed by atoms with Gasteiger partial charge < -0.3 is 24.3 Å². The molecule has 0 amide bonds. The van der Waals surface area contributed by atoms with Crippen molar-refractivity contribution in [1.29, 1.82) is 0 Å². The minimum atomic E-state index is -0.862. The molecule has 2 aliphatic rings. The van der Waals surface area contributed by atoms with Gasteiger partial charge in [0.1, 0.15) is 0 Å². The Labute approximate surface area is 211 Å². The van der Waals surface area contributed by atoms with Gasteiger partial charge in [-0.2, -0.15) is 0 Å². The van der Waals surface area contributed by atoms with Crippen LogP contribution in [0.25, 0.3) is 33.1 Å². The summed E-state index contributed by atoms with van der Waals surface area (Å²) < 4.78 is 10.1. The number of nitrogens with zero attached hydrogens (tertiary/aromatic N) is 2. The van der Waals surface area contributed by atoms with Crippen LogP contribution in [0.4, 0.5) is 0 Å². The molecule has 2 aromatic carbocycles. The second kappa shape index (κ2) is 9.75. The van der Waals surface area contributed by atoms with Crippen molar-refractivity contribution < 1.29 is 14.6 Å². The number of aromatic nitrogens is 2. The van der Waals surface area contributed by atoms with Gasteiger partial charge in [-0.05, 0) is 48.4 Å². The minimum absolute atomic E-state index is 0.367. The molecule has 188 valence electrons. The van der Waals surface area contributed by atoms with Crippen LogP contribution in [-0.4, -0.2) is 40.5 Å². The van der Waals surface area contributed by atoms with Crippen LogP contribution in [0.2, 0.25) is 0 Å². The Morgan fingerprint density at radius 3 is 2.75 bits per heavy atom. The minimum Gasteiger partial charge on any atom is -0.478 e. The van der Waals surface area contributed by atoms with Gasteiger partial charge in [0.15, 0.2) is 0 Å². The second-order valence-corrected chi connectivity index (χ2v) is 10.4. The van der Waals surface area contributed by atoms with Gasteiger partial charge in [-0.3, -0.25) is 0 Å². The lowest BCUT2D eigenvalue weighted by atomic mass is 9.81. The number of hydrogen-bond donors (Lipinski definition) is 2. The van der Waals surface area contributed by atoms with Crippen molar-refractivity contribution in [2.75, 3.05) is 20.3 Å². The van der Waals surface area contributed by atoms with E-state index >= 15 is 0 Å². The first-order chi connectivity index (χ1) is 17.7. The van der Waals surface area contributed by atoms with E-state index in [4.69, 9.17) is 4.74 Å². The first-order valence-electron chi connectivity index (χ1n) is 13.4. The number of para-hydroxylation sites is 1. The molecule has 0 unspecified atom stereocenters. The number of methoxy groups -OCH3 is 1. The SMILES string of the molecule is COCCNCc1cn2c3c(cccc13)-c1c(C3CCCCC3)c3ccc(C(=O)O)cc3n1CCC2. The predicted octanol–water partition coefficient (Wildman–Crippen LogP) is 6.15. The average molecular weight is 486 g/mol. The summed E-state index contributed by atoms with van der Waals surface area (Å²) in [6.07, 6.45) is 9.59. The summed E-state index contributed by atoms with van der Waals surface area (Å²) in [5.41, 5.74) is 8.09. The fourth-order valence-corrected chi connectivity index (χ4v) is 6.58. The Morgan fingerprint density at radius 2 is 1.94 bits per heavy atom. The number of nitrogens with one attached hydrogen (secondary N) is 1. The first-order valence-corrected chi connectivity index (χ1v) is 13.4. The zero-order valence-electron chi connectivity index (χ0n) is 21.1. The normalized spacial score (nSPS) is 16.2. The van der Waals surface area contributed by atoms with E-state index in [-0.39, 0.29) is 0 Å². The second-order valence-electron chi connectivity index (χ2n) is 10.4. The van der Waals surface area contributed by atoms with Gasteiger partial charge in [-0.1, -0.05) is 43.5 Å². The first kappa shape index (κ1) is 23.3. The maximum Gasteiger partial charge on any atom is 0.335 e. The molecule has 3 heterocycles. The molecule has 1 fully saturated rings. The fraction of sp³-hybridized carbons (Fsp3) is 0.433. The number of rotatable bonds is 7. The largest absolute Gasteiger partial charge is 0.478 e. The molecule has 36 heavy (non-hydrogen) atoms.